The topological polar surface area (TPSA) is 65.4 Å². The third-order valence-electron chi connectivity index (χ3n) is 3.47. The van der Waals surface area contributed by atoms with E-state index in [0.717, 1.165) is 4.73 Å². The maximum absolute atomic E-state index is 13.0. The van der Waals surface area contributed by atoms with Crippen molar-refractivity contribution >= 4 is 26.7 Å². The van der Waals surface area contributed by atoms with Gasteiger partial charge in [0.2, 0.25) is 0 Å². The molecule has 0 radical (unpaired) electrons. The molecule has 0 fully saturated rings. The van der Waals surface area contributed by atoms with Crippen molar-refractivity contribution in [3.63, 3.8) is 0 Å². The summed E-state index contributed by atoms with van der Waals surface area (Å²) in [6.45, 7) is 1.24. The number of sulfone groups is 1. The highest BCUT2D eigenvalue weighted by molar-refractivity contribution is 7.90. The van der Waals surface area contributed by atoms with E-state index in [4.69, 9.17) is 4.84 Å². The highest BCUT2D eigenvalue weighted by atomic mass is 32.2. The number of rotatable bonds is 4. The maximum Gasteiger partial charge on any atom is 0.329 e. The van der Waals surface area contributed by atoms with Crippen LogP contribution >= 0.6 is 0 Å². The molecule has 0 aliphatic heterocycles. The normalized spacial score (nSPS) is 11.6. The van der Waals surface area contributed by atoms with Gasteiger partial charge in [-0.25, -0.2) is 17.6 Å². The van der Waals surface area contributed by atoms with Crippen molar-refractivity contribution in [3.8, 4) is 0 Å². The lowest BCUT2D eigenvalue weighted by molar-refractivity contribution is -0.140. The average Bonchev–Trinajstić information content (AvgIpc) is 2.89. The monoisotopic (exact) mass is 347 g/mol. The predicted molar refractivity (Wildman–Crippen MR) is 86.5 cm³/mol. The lowest BCUT2D eigenvalue weighted by atomic mass is 10.2. The van der Waals surface area contributed by atoms with Crippen molar-refractivity contribution in [2.24, 2.45) is 0 Å². The number of aromatic nitrogens is 1. The standard InChI is InChI=1S/C17H14FNO4S/c1-12(20)23-19-10-17(15-4-2-3-5-16(15)19)24(21,22)11-13-6-8-14(18)9-7-13/h2-10H,11H2,1H3. The fourth-order valence-electron chi connectivity index (χ4n) is 2.46. The molecule has 3 aromatic rings. The Hall–Kier alpha value is -2.67. The van der Waals surface area contributed by atoms with Gasteiger partial charge in [0.15, 0.2) is 9.84 Å². The Morgan fingerprint density at radius 2 is 1.79 bits per heavy atom. The van der Waals surface area contributed by atoms with E-state index in [1.165, 1.54) is 37.4 Å². The van der Waals surface area contributed by atoms with Crippen LogP contribution in [-0.2, 0) is 20.4 Å². The van der Waals surface area contributed by atoms with Gasteiger partial charge in [0.25, 0.3) is 0 Å². The SMILES string of the molecule is CC(=O)On1cc(S(=O)(=O)Cc2ccc(F)cc2)c2ccccc21. The number of carbonyl (C=O) groups is 1. The lowest BCUT2D eigenvalue weighted by Gasteiger charge is -2.03. The molecule has 2 aromatic carbocycles. The van der Waals surface area contributed by atoms with E-state index in [9.17, 15) is 17.6 Å². The second-order valence-corrected chi connectivity index (χ2v) is 7.26. The van der Waals surface area contributed by atoms with E-state index >= 15 is 0 Å². The van der Waals surface area contributed by atoms with Crippen LogP contribution in [0, 0.1) is 5.82 Å². The van der Waals surface area contributed by atoms with Crippen LogP contribution in [0.1, 0.15) is 12.5 Å². The Balaban J connectivity index is 2.07. The molecular formula is C17H14FNO4S. The Morgan fingerprint density at radius 3 is 2.46 bits per heavy atom. The van der Waals surface area contributed by atoms with Gasteiger partial charge in [-0.2, -0.15) is 4.73 Å². The third kappa shape index (κ3) is 3.16. The lowest BCUT2D eigenvalue weighted by Crippen LogP contribution is -2.15. The first-order valence-electron chi connectivity index (χ1n) is 7.13. The molecule has 24 heavy (non-hydrogen) atoms. The van der Waals surface area contributed by atoms with E-state index in [0.29, 0.717) is 16.5 Å². The largest absolute Gasteiger partial charge is 0.337 e. The molecule has 5 nitrogen and oxygen atoms in total. The van der Waals surface area contributed by atoms with E-state index in [1.807, 2.05) is 0 Å². The van der Waals surface area contributed by atoms with Gasteiger partial charge in [-0.3, -0.25) is 0 Å². The fraction of sp³-hybridized carbons (Fsp3) is 0.118. The molecule has 1 heterocycles. The quantitative estimate of drug-likeness (QED) is 0.728. The summed E-state index contributed by atoms with van der Waals surface area (Å²) in [7, 11) is -3.70. The van der Waals surface area contributed by atoms with Gasteiger partial charge in [-0.15, -0.1) is 0 Å². The minimum atomic E-state index is -3.70. The van der Waals surface area contributed by atoms with Crippen molar-refractivity contribution < 1.29 is 22.4 Å². The van der Waals surface area contributed by atoms with Crippen molar-refractivity contribution in [3.05, 3.63) is 66.1 Å². The summed E-state index contributed by atoms with van der Waals surface area (Å²) in [4.78, 5) is 16.3. The molecule has 3 rings (SSSR count). The van der Waals surface area contributed by atoms with Crippen LogP contribution in [0.25, 0.3) is 10.9 Å². The van der Waals surface area contributed by atoms with Crippen molar-refractivity contribution in [1.29, 1.82) is 0 Å². The Labute approximate surface area is 138 Å². The van der Waals surface area contributed by atoms with E-state index < -0.39 is 21.6 Å². The second-order valence-electron chi connectivity index (χ2n) is 5.30. The molecule has 0 atom stereocenters. The first-order valence-corrected chi connectivity index (χ1v) is 8.78. The molecule has 0 amide bonds. The molecule has 0 unspecified atom stereocenters. The van der Waals surface area contributed by atoms with Crippen LogP contribution in [0.2, 0.25) is 0 Å². The molecule has 0 aliphatic rings. The van der Waals surface area contributed by atoms with Gasteiger partial charge in [-0.1, -0.05) is 30.3 Å². The van der Waals surface area contributed by atoms with Crippen LogP contribution in [0.15, 0.2) is 59.6 Å². The molecule has 0 N–H and O–H groups in total. The highest BCUT2D eigenvalue weighted by Crippen LogP contribution is 2.27. The van der Waals surface area contributed by atoms with Crippen molar-refractivity contribution in [2.45, 2.75) is 17.6 Å². The zero-order valence-electron chi connectivity index (χ0n) is 12.8. The molecule has 0 saturated heterocycles. The van der Waals surface area contributed by atoms with Gasteiger partial charge in [0.1, 0.15) is 5.82 Å². The minimum Gasteiger partial charge on any atom is -0.337 e. The fourth-order valence-corrected chi connectivity index (χ4v) is 4.01. The molecule has 124 valence electrons. The molecule has 0 bridgehead atoms. The average molecular weight is 347 g/mol. The first kappa shape index (κ1) is 16.2. The second kappa shape index (κ2) is 6.09. The van der Waals surface area contributed by atoms with E-state index in [-0.39, 0.29) is 10.6 Å². The van der Waals surface area contributed by atoms with Crippen molar-refractivity contribution in [2.75, 3.05) is 0 Å². The van der Waals surface area contributed by atoms with Gasteiger partial charge >= 0.3 is 5.97 Å². The van der Waals surface area contributed by atoms with Crippen LogP contribution in [0.4, 0.5) is 4.39 Å². The summed E-state index contributed by atoms with van der Waals surface area (Å²) in [5.41, 5.74) is 0.950. The predicted octanol–water partition coefficient (Wildman–Crippen LogP) is 2.73. The number of fused-ring (bicyclic) bond motifs is 1. The van der Waals surface area contributed by atoms with E-state index in [1.54, 1.807) is 24.3 Å². The van der Waals surface area contributed by atoms with Crippen LogP contribution in [-0.4, -0.2) is 19.1 Å². The summed E-state index contributed by atoms with van der Waals surface area (Å²) in [5, 5.41) is 0.459. The maximum atomic E-state index is 13.0. The highest BCUT2D eigenvalue weighted by Gasteiger charge is 2.22. The number of hydrogen-bond donors (Lipinski definition) is 0. The summed E-state index contributed by atoms with van der Waals surface area (Å²) >= 11 is 0. The van der Waals surface area contributed by atoms with Gasteiger partial charge in [-0.05, 0) is 23.8 Å². The smallest absolute Gasteiger partial charge is 0.329 e. The Bertz CT molecular complexity index is 1010. The molecule has 0 spiro atoms. The zero-order valence-corrected chi connectivity index (χ0v) is 13.6. The van der Waals surface area contributed by atoms with Crippen LogP contribution in [0.5, 0.6) is 0 Å². The molecule has 0 saturated carbocycles. The number of halogens is 1. The summed E-state index contributed by atoms with van der Waals surface area (Å²) in [6, 6.07) is 12.0. The Kier molecular flexibility index (Phi) is 4.11. The zero-order chi connectivity index (χ0) is 17.3. The van der Waals surface area contributed by atoms with Crippen LogP contribution in [0.3, 0.4) is 0 Å². The van der Waals surface area contributed by atoms with Crippen molar-refractivity contribution in [1.82, 2.24) is 4.73 Å². The number of nitrogens with zero attached hydrogens (tertiary/aromatic N) is 1. The van der Waals surface area contributed by atoms with Gasteiger partial charge in [0, 0.05) is 12.3 Å². The molecular weight excluding hydrogens is 333 g/mol. The number of benzene rings is 2. The Morgan fingerprint density at radius 1 is 1.12 bits per heavy atom. The number of carbonyl (C=O) groups excluding carboxylic acids is 1. The third-order valence-corrected chi connectivity index (χ3v) is 5.18. The summed E-state index contributed by atoms with van der Waals surface area (Å²) < 4.78 is 39.6. The molecule has 0 aliphatic carbocycles. The minimum absolute atomic E-state index is 0.0590. The summed E-state index contributed by atoms with van der Waals surface area (Å²) in [6.07, 6.45) is 1.28. The first-order chi connectivity index (χ1) is 11.4. The van der Waals surface area contributed by atoms with Gasteiger partial charge in [0.05, 0.1) is 22.4 Å². The van der Waals surface area contributed by atoms with E-state index in [2.05, 4.69) is 0 Å². The van der Waals surface area contributed by atoms with Crippen LogP contribution < -0.4 is 4.84 Å². The number of para-hydroxylation sites is 1. The summed E-state index contributed by atoms with van der Waals surface area (Å²) in [5.74, 6) is -1.26. The van der Waals surface area contributed by atoms with Gasteiger partial charge < -0.3 is 4.84 Å². The molecule has 7 heteroatoms. The number of hydrogen-bond acceptors (Lipinski definition) is 4. The molecule has 1 aromatic heterocycles.